The van der Waals surface area contributed by atoms with Crippen LogP contribution in [0.2, 0.25) is 0 Å². The molecule has 0 aliphatic carbocycles. The van der Waals surface area contributed by atoms with Crippen molar-refractivity contribution in [2.24, 2.45) is 0 Å². The van der Waals surface area contributed by atoms with Crippen LogP contribution in [0.1, 0.15) is 18.9 Å². The molecule has 2 N–H and O–H groups in total. The SMILES string of the molecule is CCCN(CCO)C(=O)C(=O)Nc1ccc(C)cc1. The van der Waals surface area contributed by atoms with Gasteiger partial charge in [-0.1, -0.05) is 24.6 Å². The van der Waals surface area contributed by atoms with Crippen LogP contribution in [0.4, 0.5) is 5.69 Å². The molecule has 1 rings (SSSR count). The lowest BCUT2D eigenvalue weighted by Gasteiger charge is -2.20. The summed E-state index contributed by atoms with van der Waals surface area (Å²) >= 11 is 0. The molecule has 0 spiro atoms. The minimum absolute atomic E-state index is 0.149. The van der Waals surface area contributed by atoms with Gasteiger partial charge in [0.2, 0.25) is 0 Å². The molecule has 0 saturated heterocycles. The summed E-state index contributed by atoms with van der Waals surface area (Å²) in [6.07, 6.45) is 0.740. The number of benzene rings is 1. The highest BCUT2D eigenvalue weighted by Crippen LogP contribution is 2.08. The third-order valence-corrected chi connectivity index (χ3v) is 2.65. The van der Waals surface area contributed by atoms with Gasteiger partial charge < -0.3 is 15.3 Å². The lowest BCUT2D eigenvalue weighted by Crippen LogP contribution is -2.41. The Bertz CT molecular complexity index is 423. The fourth-order valence-corrected chi connectivity index (χ4v) is 1.67. The van der Waals surface area contributed by atoms with Crippen LogP contribution >= 0.6 is 0 Å². The Morgan fingerprint density at radius 1 is 1.21 bits per heavy atom. The average Bonchev–Trinajstić information content (AvgIpc) is 2.40. The molecule has 0 fully saturated rings. The summed E-state index contributed by atoms with van der Waals surface area (Å²) in [6.45, 7) is 4.34. The lowest BCUT2D eigenvalue weighted by molar-refractivity contribution is -0.143. The van der Waals surface area contributed by atoms with Crippen molar-refractivity contribution in [3.8, 4) is 0 Å². The Labute approximate surface area is 113 Å². The van der Waals surface area contributed by atoms with E-state index in [1.54, 1.807) is 12.1 Å². The van der Waals surface area contributed by atoms with Gasteiger partial charge in [-0.3, -0.25) is 9.59 Å². The number of hydrogen-bond donors (Lipinski definition) is 2. The highest BCUT2D eigenvalue weighted by Gasteiger charge is 2.20. The van der Waals surface area contributed by atoms with Gasteiger partial charge in [-0.25, -0.2) is 0 Å². The monoisotopic (exact) mass is 264 g/mol. The summed E-state index contributed by atoms with van der Waals surface area (Å²) in [5.74, 6) is -1.29. The zero-order chi connectivity index (χ0) is 14.3. The molecule has 0 aliphatic heterocycles. The van der Waals surface area contributed by atoms with Crippen LogP contribution < -0.4 is 5.32 Å². The minimum atomic E-state index is -0.675. The van der Waals surface area contributed by atoms with Gasteiger partial charge >= 0.3 is 11.8 Å². The quantitative estimate of drug-likeness (QED) is 0.784. The van der Waals surface area contributed by atoms with Gasteiger partial charge in [0.25, 0.3) is 0 Å². The second-order valence-corrected chi connectivity index (χ2v) is 4.34. The van der Waals surface area contributed by atoms with Gasteiger partial charge in [0.05, 0.1) is 6.61 Å². The van der Waals surface area contributed by atoms with Gasteiger partial charge in [-0.2, -0.15) is 0 Å². The number of hydrogen-bond acceptors (Lipinski definition) is 3. The molecule has 19 heavy (non-hydrogen) atoms. The summed E-state index contributed by atoms with van der Waals surface area (Å²) in [7, 11) is 0. The van der Waals surface area contributed by atoms with Crippen molar-refractivity contribution < 1.29 is 14.7 Å². The third kappa shape index (κ3) is 4.71. The number of aryl methyl sites for hydroxylation is 1. The number of anilines is 1. The summed E-state index contributed by atoms with van der Waals surface area (Å²) < 4.78 is 0. The van der Waals surface area contributed by atoms with Crippen molar-refractivity contribution in [2.75, 3.05) is 25.0 Å². The Balaban J connectivity index is 2.65. The molecule has 0 saturated carbocycles. The molecule has 1 aromatic rings. The largest absolute Gasteiger partial charge is 0.395 e. The van der Waals surface area contributed by atoms with Crippen molar-refractivity contribution in [2.45, 2.75) is 20.3 Å². The summed E-state index contributed by atoms with van der Waals surface area (Å²) in [6, 6.07) is 7.21. The third-order valence-electron chi connectivity index (χ3n) is 2.65. The first kappa shape index (κ1) is 15.2. The Hall–Kier alpha value is -1.88. The Morgan fingerprint density at radius 2 is 1.84 bits per heavy atom. The fraction of sp³-hybridized carbons (Fsp3) is 0.429. The normalized spacial score (nSPS) is 10.1. The van der Waals surface area contributed by atoms with E-state index in [-0.39, 0.29) is 13.2 Å². The van der Waals surface area contributed by atoms with Crippen LogP contribution in [0.25, 0.3) is 0 Å². The molecule has 5 heteroatoms. The second kappa shape index (κ2) is 7.53. The number of aliphatic hydroxyl groups excluding tert-OH is 1. The molecule has 0 radical (unpaired) electrons. The Kier molecular flexibility index (Phi) is 6.02. The molecule has 104 valence electrons. The van der Waals surface area contributed by atoms with E-state index in [0.29, 0.717) is 12.2 Å². The summed E-state index contributed by atoms with van der Waals surface area (Å²) in [5.41, 5.74) is 1.67. The highest BCUT2D eigenvalue weighted by molar-refractivity contribution is 6.39. The van der Waals surface area contributed by atoms with Crippen LogP contribution in [-0.2, 0) is 9.59 Å². The molecular formula is C14H20N2O3. The van der Waals surface area contributed by atoms with Crippen LogP contribution in [-0.4, -0.2) is 41.5 Å². The number of carbonyl (C=O) groups excluding carboxylic acids is 2. The summed E-state index contributed by atoms with van der Waals surface area (Å²) in [4.78, 5) is 25.1. The van der Waals surface area contributed by atoms with Gasteiger partial charge in [-0.05, 0) is 25.5 Å². The second-order valence-electron chi connectivity index (χ2n) is 4.34. The maximum atomic E-state index is 11.9. The van der Waals surface area contributed by atoms with Crippen molar-refractivity contribution >= 4 is 17.5 Å². The van der Waals surface area contributed by atoms with Crippen LogP contribution in [0.15, 0.2) is 24.3 Å². The molecular weight excluding hydrogens is 244 g/mol. The van der Waals surface area contributed by atoms with Gasteiger partial charge in [-0.15, -0.1) is 0 Å². The van der Waals surface area contributed by atoms with Crippen LogP contribution in [0.3, 0.4) is 0 Å². The maximum Gasteiger partial charge on any atom is 0.313 e. The average molecular weight is 264 g/mol. The molecule has 0 atom stereocenters. The predicted molar refractivity (Wildman–Crippen MR) is 73.8 cm³/mol. The zero-order valence-corrected chi connectivity index (χ0v) is 11.3. The minimum Gasteiger partial charge on any atom is -0.395 e. The van der Waals surface area contributed by atoms with E-state index in [1.807, 2.05) is 26.0 Å². The Morgan fingerprint density at radius 3 is 2.37 bits per heavy atom. The topological polar surface area (TPSA) is 69.6 Å². The first-order chi connectivity index (χ1) is 9.08. The van der Waals surface area contributed by atoms with Gasteiger partial charge in [0, 0.05) is 18.8 Å². The molecule has 0 bridgehead atoms. The van der Waals surface area contributed by atoms with Crippen molar-refractivity contribution in [1.82, 2.24) is 4.90 Å². The van der Waals surface area contributed by atoms with E-state index in [4.69, 9.17) is 5.11 Å². The predicted octanol–water partition coefficient (Wildman–Crippen LogP) is 1.16. The van der Waals surface area contributed by atoms with E-state index in [1.165, 1.54) is 4.90 Å². The first-order valence-electron chi connectivity index (χ1n) is 6.36. The molecule has 0 aliphatic rings. The smallest absolute Gasteiger partial charge is 0.313 e. The van der Waals surface area contributed by atoms with Crippen molar-refractivity contribution in [3.05, 3.63) is 29.8 Å². The van der Waals surface area contributed by atoms with Crippen molar-refractivity contribution in [1.29, 1.82) is 0 Å². The van der Waals surface area contributed by atoms with E-state index in [9.17, 15) is 9.59 Å². The standard InChI is InChI=1S/C14H20N2O3/c1-3-8-16(9-10-17)14(19)13(18)15-12-6-4-11(2)5-7-12/h4-7,17H,3,8-10H2,1-2H3,(H,15,18). The number of rotatable bonds is 5. The van der Waals surface area contributed by atoms with E-state index < -0.39 is 11.8 Å². The summed E-state index contributed by atoms with van der Waals surface area (Å²) in [5, 5.41) is 11.4. The molecule has 5 nitrogen and oxygen atoms in total. The van der Waals surface area contributed by atoms with E-state index in [2.05, 4.69) is 5.32 Å². The highest BCUT2D eigenvalue weighted by atomic mass is 16.3. The number of carbonyl (C=O) groups is 2. The first-order valence-corrected chi connectivity index (χ1v) is 6.36. The van der Waals surface area contributed by atoms with Crippen molar-refractivity contribution in [3.63, 3.8) is 0 Å². The number of aliphatic hydroxyl groups is 1. The zero-order valence-electron chi connectivity index (χ0n) is 11.3. The molecule has 0 unspecified atom stereocenters. The van der Waals surface area contributed by atoms with E-state index in [0.717, 1.165) is 12.0 Å². The lowest BCUT2D eigenvalue weighted by atomic mass is 10.2. The number of nitrogens with one attached hydrogen (secondary N) is 1. The van der Waals surface area contributed by atoms with Crippen LogP contribution in [0.5, 0.6) is 0 Å². The molecule has 0 aromatic heterocycles. The number of nitrogens with zero attached hydrogens (tertiary/aromatic N) is 1. The molecule has 1 aromatic carbocycles. The molecule has 0 heterocycles. The van der Waals surface area contributed by atoms with E-state index >= 15 is 0 Å². The molecule has 2 amide bonds. The number of amides is 2. The van der Waals surface area contributed by atoms with Gasteiger partial charge in [0.1, 0.15) is 0 Å². The maximum absolute atomic E-state index is 11.9. The van der Waals surface area contributed by atoms with Gasteiger partial charge in [0.15, 0.2) is 0 Å². The van der Waals surface area contributed by atoms with Crippen LogP contribution in [0, 0.1) is 6.92 Å². The fourth-order valence-electron chi connectivity index (χ4n) is 1.67.